The highest BCUT2D eigenvalue weighted by atomic mass is 16.7. The van der Waals surface area contributed by atoms with Crippen LogP contribution in [0.1, 0.15) is 52.9 Å². The molecular formula is C14H28O3. The molecular weight excluding hydrogens is 216 g/mol. The second-order valence-electron chi connectivity index (χ2n) is 4.88. The molecule has 1 aliphatic rings. The first-order chi connectivity index (χ1) is 8.26. The molecule has 0 spiro atoms. The topological polar surface area (TPSA) is 27.7 Å². The first-order valence-electron chi connectivity index (χ1n) is 7.11. The Kier molecular flexibility index (Phi) is 7.82. The molecule has 3 heteroatoms. The van der Waals surface area contributed by atoms with Gasteiger partial charge in [0, 0.05) is 19.6 Å². The Morgan fingerprint density at radius 1 is 1.00 bits per heavy atom. The van der Waals surface area contributed by atoms with Gasteiger partial charge in [-0.15, -0.1) is 0 Å². The van der Waals surface area contributed by atoms with E-state index in [0.717, 1.165) is 18.9 Å². The van der Waals surface area contributed by atoms with Gasteiger partial charge in [-0.05, 0) is 45.4 Å². The van der Waals surface area contributed by atoms with Crippen molar-refractivity contribution in [3.05, 3.63) is 0 Å². The van der Waals surface area contributed by atoms with E-state index in [9.17, 15) is 0 Å². The predicted molar refractivity (Wildman–Crippen MR) is 69.0 cm³/mol. The van der Waals surface area contributed by atoms with Crippen LogP contribution in [0, 0.1) is 5.92 Å². The standard InChI is InChI=1S/C14H28O3/c1-4-15-14(16-5-2)10-11-17-13-8-6-12(3)7-9-13/h12-14H,4-11H2,1-3H3. The Bertz CT molecular complexity index is 170. The summed E-state index contributed by atoms with van der Waals surface area (Å²) in [6.45, 7) is 8.47. The van der Waals surface area contributed by atoms with E-state index in [4.69, 9.17) is 14.2 Å². The van der Waals surface area contributed by atoms with Gasteiger partial charge in [-0.25, -0.2) is 0 Å². The molecule has 1 aliphatic carbocycles. The Morgan fingerprint density at radius 3 is 2.12 bits per heavy atom. The highest BCUT2D eigenvalue weighted by molar-refractivity contribution is 4.69. The van der Waals surface area contributed by atoms with E-state index in [-0.39, 0.29) is 6.29 Å². The lowest BCUT2D eigenvalue weighted by Crippen LogP contribution is -2.24. The first kappa shape index (κ1) is 14.9. The van der Waals surface area contributed by atoms with Crippen molar-refractivity contribution in [2.45, 2.75) is 65.3 Å². The lowest BCUT2D eigenvalue weighted by atomic mass is 9.89. The van der Waals surface area contributed by atoms with Crippen molar-refractivity contribution in [2.75, 3.05) is 19.8 Å². The molecule has 1 rings (SSSR count). The van der Waals surface area contributed by atoms with Crippen LogP contribution in [0.2, 0.25) is 0 Å². The van der Waals surface area contributed by atoms with E-state index in [0.29, 0.717) is 19.3 Å². The predicted octanol–water partition coefficient (Wildman–Crippen LogP) is 3.37. The van der Waals surface area contributed by atoms with Crippen LogP contribution in [-0.2, 0) is 14.2 Å². The maximum absolute atomic E-state index is 5.89. The van der Waals surface area contributed by atoms with E-state index >= 15 is 0 Å². The van der Waals surface area contributed by atoms with E-state index in [2.05, 4.69) is 6.92 Å². The van der Waals surface area contributed by atoms with Gasteiger partial charge in [0.2, 0.25) is 0 Å². The second kappa shape index (κ2) is 8.90. The molecule has 3 nitrogen and oxygen atoms in total. The lowest BCUT2D eigenvalue weighted by Gasteiger charge is -2.27. The normalized spacial score (nSPS) is 25.4. The third-order valence-corrected chi connectivity index (χ3v) is 3.38. The van der Waals surface area contributed by atoms with Gasteiger partial charge in [0.1, 0.15) is 0 Å². The molecule has 0 amide bonds. The van der Waals surface area contributed by atoms with Gasteiger partial charge in [0.25, 0.3) is 0 Å². The third kappa shape index (κ3) is 6.39. The molecule has 102 valence electrons. The molecule has 0 heterocycles. The van der Waals surface area contributed by atoms with E-state index in [1.54, 1.807) is 0 Å². The van der Waals surface area contributed by atoms with Crippen LogP contribution in [-0.4, -0.2) is 32.2 Å². The average Bonchev–Trinajstić information content (AvgIpc) is 2.32. The molecule has 0 aromatic rings. The van der Waals surface area contributed by atoms with Gasteiger partial charge in [-0.1, -0.05) is 6.92 Å². The van der Waals surface area contributed by atoms with E-state index in [1.165, 1.54) is 25.7 Å². The Hall–Kier alpha value is -0.120. The molecule has 17 heavy (non-hydrogen) atoms. The lowest BCUT2D eigenvalue weighted by molar-refractivity contribution is -0.150. The molecule has 0 bridgehead atoms. The molecule has 0 atom stereocenters. The molecule has 0 aromatic heterocycles. The summed E-state index contributed by atoms with van der Waals surface area (Å²) in [7, 11) is 0. The fraction of sp³-hybridized carbons (Fsp3) is 1.00. The van der Waals surface area contributed by atoms with Gasteiger partial charge >= 0.3 is 0 Å². The van der Waals surface area contributed by atoms with Crippen LogP contribution in [0.5, 0.6) is 0 Å². The molecule has 0 saturated heterocycles. The van der Waals surface area contributed by atoms with Crippen LogP contribution >= 0.6 is 0 Å². The first-order valence-corrected chi connectivity index (χ1v) is 7.11. The van der Waals surface area contributed by atoms with Gasteiger partial charge in [0.05, 0.1) is 12.7 Å². The largest absolute Gasteiger partial charge is 0.378 e. The number of hydrogen-bond acceptors (Lipinski definition) is 3. The van der Waals surface area contributed by atoms with Crippen molar-refractivity contribution in [2.24, 2.45) is 5.92 Å². The van der Waals surface area contributed by atoms with Crippen molar-refractivity contribution < 1.29 is 14.2 Å². The van der Waals surface area contributed by atoms with Crippen molar-refractivity contribution in [3.63, 3.8) is 0 Å². The minimum atomic E-state index is -0.0903. The Morgan fingerprint density at radius 2 is 1.59 bits per heavy atom. The molecule has 0 radical (unpaired) electrons. The highest BCUT2D eigenvalue weighted by Crippen LogP contribution is 2.25. The molecule has 0 aliphatic heterocycles. The minimum Gasteiger partial charge on any atom is -0.378 e. The Labute approximate surface area is 106 Å². The van der Waals surface area contributed by atoms with Crippen LogP contribution in [0.3, 0.4) is 0 Å². The van der Waals surface area contributed by atoms with E-state index in [1.807, 2.05) is 13.8 Å². The van der Waals surface area contributed by atoms with Crippen molar-refractivity contribution in [1.82, 2.24) is 0 Å². The molecule has 0 unspecified atom stereocenters. The van der Waals surface area contributed by atoms with Gasteiger partial charge < -0.3 is 14.2 Å². The SMILES string of the molecule is CCOC(CCOC1CCC(C)CC1)OCC. The zero-order chi connectivity index (χ0) is 12.5. The second-order valence-corrected chi connectivity index (χ2v) is 4.88. The van der Waals surface area contributed by atoms with Crippen LogP contribution in [0.25, 0.3) is 0 Å². The smallest absolute Gasteiger partial charge is 0.159 e. The summed E-state index contributed by atoms with van der Waals surface area (Å²) in [6.07, 6.45) is 6.27. The summed E-state index contributed by atoms with van der Waals surface area (Å²) in [6, 6.07) is 0. The fourth-order valence-corrected chi connectivity index (χ4v) is 2.31. The zero-order valence-electron chi connectivity index (χ0n) is 11.6. The van der Waals surface area contributed by atoms with Crippen molar-refractivity contribution in [1.29, 1.82) is 0 Å². The molecule has 1 fully saturated rings. The molecule has 0 N–H and O–H groups in total. The molecule has 1 saturated carbocycles. The summed E-state index contributed by atoms with van der Waals surface area (Å²) >= 11 is 0. The van der Waals surface area contributed by atoms with Crippen LogP contribution < -0.4 is 0 Å². The number of ether oxygens (including phenoxy) is 3. The summed E-state index contributed by atoms with van der Waals surface area (Å²) < 4.78 is 16.9. The summed E-state index contributed by atoms with van der Waals surface area (Å²) in [4.78, 5) is 0. The van der Waals surface area contributed by atoms with Crippen molar-refractivity contribution >= 4 is 0 Å². The fourth-order valence-electron chi connectivity index (χ4n) is 2.31. The van der Waals surface area contributed by atoms with E-state index < -0.39 is 0 Å². The maximum Gasteiger partial charge on any atom is 0.159 e. The molecule has 0 aromatic carbocycles. The summed E-state index contributed by atoms with van der Waals surface area (Å²) in [5.74, 6) is 0.884. The highest BCUT2D eigenvalue weighted by Gasteiger charge is 2.19. The Balaban J connectivity index is 2.08. The van der Waals surface area contributed by atoms with Crippen LogP contribution in [0.4, 0.5) is 0 Å². The minimum absolute atomic E-state index is 0.0903. The van der Waals surface area contributed by atoms with Gasteiger partial charge in [-0.3, -0.25) is 0 Å². The van der Waals surface area contributed by atoms with Gasteiger partial charge in [0.15, 0.2) is 6.29 Å². The number of rotatable bonds is 8. The van der Waals surface area contributed by atoms with Gasteiger partial charge in [-0.2, -0.15) is 0 Å². The quantitative estimate of drug-likeness (QED) is 0.613. The third-order valence-electron chi connectivity index (χ3n) is 3.38. The zero-order valence-corrected chi connectivity index (χ0v) is 11.6. The monoisotopic (exact) mass is 244 g/mol. The number of hydrogen-bond donors (Lipinski definition) is 0. The summed E-state index contributed by atoms with van der Waals surface area (Å²) in [5, 5.41) is 0. The van der Waals surface area contributed by atoms with Crippen LogP contribution in [0.15, 0.2) is 0 Å². The maximum atomic E-state index is 5.89. The average molecular weight is 244 g/mol. The van der Waals surface area contributed by atoms with Crippen molar-refractivity contribution in [3.8, 4) is 0 Å². The summed E-state index contributed by atoms with van der Waals surface area (Å²) in [5.41, 5.74) is 0.